The molecule has 2 aromatic carbocycles. The largest absolute Gasteiger partial charge is 0.466 e. The molecule has 8 heteroatoms. The number of amides is 2. The van der Waals surface area contributed by atoms with Gasteiger partial charge in [0.15, 0.2) is 0 Å². The van der Waals surface area contributed by atoms with Crippen LogP contribution in [0.1, 0.15) is 42.5 Å². The van der Waals surface area contributed by atoms with E-state index in [0.29, 0.717) is 6.42 Å². The maximum Gasteiger partial charge on any atom is 0.310 e. The molecule has 1 spiro atoms. The zero-order chi connectivity index (χ0) is 25.6. The van der Waals surface area contributed by atoms with Crippen molar-refractivity contribution in [1.82, 2.24) is 4.90 Å². The Morgan fingerprint density at radius 2 is 1.86 bits per heavy atom. The van der Waals surface area contributed by atoms with Crippen LogP contribution in [0.2, 0.25) is 0 Å². The lowest BCUT2D eigenvalue weighted by Crippen LogP contribution is -2.52. The molecule has 6 atom stereocenters. The van der Waals surface area contributed by atoms with Crippen LogP contribution >= 0.6 is 11.8 Å². The minimum atomic E-state index is -0.833. The van der Waals surface area contributed by atoms with Crippen molar-refractivity contribution < 1.29 is 24.2 Å². The van der Waals surface area contributed by atoms with Crippen LogP contribution in [-0.2, 0) is 19.1 Å². The molecule has 2 N–H and O–H groups in total. The van der Waals surface area contributed by atoms with Gasteiger partial charge in [-0.2, -0.15) is 0 Å². The number of anilines is 1. The SMILES string of the molecule is CCOC(=O)[C@@H]1[C@@H]2CCC3(S2)C(C(=O)Nc2c(C)cccc2C)N([C@H](CO)c2ccccc2)C(=O)[C@H]13. The lowest BCUT2D eigenvalue weighted by Gasteiger charge is -2.37. The third-order valence-electron chi connectivity index (χ3n) is 7.97. The normalized spacial score (nSPS) is 29.2. The predicted molar refractivity (Wildman–Crippen MR) is 138 cm³/mol. The van der Waals surface area contributed by atoms with Gasteiger partial charge < -0.3 is 20.1 Å². The van der Waals surface area contributed by atoms with Crippen molar-refractivity contribution in [2.45, 2.75) is 55.7 Å². The number of ether oxygens (including phenoxy) is 1. The van der Waals surface area contributed by atoms with E-state index in [4.69, 9.17) is 4.74 Å². The number of rotatable bonds is 7. The molecule has 0 aromatic heterocycles. The second-order valence-electron chi connectivity index (χ2n) is 9.92. The highest BCUT2D eigenvalue weighted by Crippen LogP contribution is 2.67. The Hall–Kier alpha value is -2.84. The molecule has 2 bridgehead atoms. The van der Waals surface area contributed by atoms with Crippen LogP contribution in [0.4, 0.5) is 5.69 Å². The van der Waals surface area contributed by atoms with E-state index in [1.807, 2.05) is 62.4 Å². The second-order valence-corrected chi connectivity index (χ2v) is 11.5. The molecule has 2 amide bonds. The summed E-state index contributed by atoms with van der Waals surface area (Å²) in [4.78, 5) is 42.9. The number of thioether (sulfide) groups is 1. The van der Waals surface area contributed by atoms with Crippen molar-refractivity contribution in [3.8, 4) is 0 Å². The molecule has 3 aliphatic rings. The van der Waals surface area contributed by atoms with Gasteiger partial charge in [0.05, 0.1) is 35.8 Å². The number of hydrogen-bond acceptors (Lipinski definition) is 6. The molecule has 3 aliphatic heterocycles. The number of aryl methyl sites for hydroxylation is 2. The van der Waals surface area contributed by atoms with Crippen molar-refractivity contribution in [3.63, 3.8) is 0 Å². The van der Waals surface area contributed by atoms with E-state index in [2.05, 4.69) is 5.32 Å². The molecule has 2 unspecified atom stereocenters. The molecule has 36 heavy (non-hydrogen) atoms. The fourth-order valence-corrected chi connectivity index (χ4v) is 8.66. The number of hydrogen-bond donors (Lipinski definition) is 2. The number of nitrogens with one attached hydrogen (secondary N) is 1. The maximum atomic E-state index is 14.2. The van der Waals surface area contributed by atoms with Gasteiger partial charge in [0.25, 0.3) is 0 Å². The third kappa shape index (κ3) is 3.73. The standard InChI is InChI=1S/C28H32N2O5S/c1-4-35-27(34)21-20-13-14-28(36-20)22(21)26(33)30(19(15-31)18-11-6-5-7-12-18)24(28)25(32)29-23-16(2)9-8-10-17(23)3/h5-12,19-22,24,31H,4,13-15H2,1-3H3,(H,29,32)/t19-,20+,21-,22+,24?,28?/m1/s1. The fourth-order valence-electron chi connectivity index (χ4n) is 6.47. The predicted octanol–water partition coefficient (Wildman–Crippen LogP) is 3.63. The summed E-state index contributed by atoms with van der Waals surface area (Å²) in [6.45, 7) is 5.55. The lowest BCUT2D eigenvalue weighted by atomic mass is 9.71. The summed E-state index contributed by atoms with van der Waals surface area (Å²) in [5, 5.41) is 13.6. The summed E-state index contributed by atoms with van der Waals surface area (Å²) >= 11 is 1.59. The van der Waals surface area contributed by atoms with Gasteiger partial charge in [-0.1, -0.05) is 48.5 Å². The number of aliphatic hydroxyl groups excluding tert-OH is 1. The zero-order valence-corrected chi connectivity index (χ0v) is 21.6. The molecule has 2 aromatic rings. The quantitative estimate of drug-likeness (QED) is 0.555. The van der Waals surface area contributed by atoms with Crippen molar-refractivity contribution in [3.05, 3.63) is 65.2 Å². The number of aliphatic hydroxyl groups is 1. The van der Waals surface area contributed by atoms with Crippen molar-refractivity contribution >= 4 is 35.2 Å². The Kier molecular flexibility index (Phi) is 6.59. The summed E-state index contributed by atoms with van der Waals surface area (Å²) in [5.74, 6) is -2.16. The van der Waals surface area contributed by atoms with E-state index < -0.39 is 28.7 Å². The molecule has 0 aliphatic carbocycles. The first kappa shape index (κ1) is 24.8. The topological polar surface area (TPSA) is 95.9 Å². The summed E-state index contributed by atoms with van der Waals surface area (Å²) < 4.78 is 4.64. The molecular formula is C28H32N2O5S. The molecule has 0 radical (unpaired) electrons. The lowest BCUT2D eigenvalue weighted by molar-refractivity contribution is -0.154. The summed E-state index contributed by atoms with van der Waals surface area (Å²) in [7, 11) is 0. The van der Waals surface area contributed by atoms with Crippen molar-refractivity contribution in [1.29, 1.82) is 0 Å². The number of benzene rings is 2. The first-order valence-corrected chi connectivity index (χ1v) is 13.4. The van der Waals surface area contributed by atoms with Crippen LogP contribution in [-0.4, -0.2) is 57.0 Å². The van der Waals surface area contributed by atoms with Gasteiger partial charge >= 0.3 is 5.97 Å². The molecule has 7 nitrogen and oxygen atoms in total. The van der Waals surface area contributed by atoms with Gasteiger partial charge in [0.1, 0.15) is 6.04 Å². The monoisotopic (exact) mass is 508 g/mol. The number of likely N-dealkylation sites (tertiary alicyclic amines) is 1. The van der Waals surface area contributed by atoms with E-state index in [9.17, 15) is 19.5 Å². The number of carbonyl (C=O) groups excluding carboxylic acids is 3. The number of para-hydroxylation sites is 1. The van der Waals surface area contributed by atoms with Gasteiger partial charge in [0, 0.05) is 10.9 Å². The second kappa shape index (κ2) is 9.56. The molecule has 5 rings (SSSR count). The fraction of sp³-hybridized carbons (Fsp3) is 0.464. The number of nitrogens with zero attached hydrogens (tertiary/aromatic N) is 1. The summed E-state index contributed by atoms with van der Waals surface area (Å²) in [6, 6.07) is 13.6. The molecular weight excluding hydrogens is 476 g/mol. The molecule has 0 saturated carbocycles. The summed E-state index contributed by atoms with van der Waals surface area (Å²) in [6.07, 6.45) is 1.40. The van der Waals surface area contributed by atoms with Crippen LogP contribution in [0.15, 0.2) is 48.5 Å². The summed E-state index contributed by atoms with van der Waals surface area (Å²) in [5.41, 5.74) is 3.35. The first-order valence-electron chi connectivity index (χ1n) is 12.5. The van der Waals surface area contributed by atoms with E-state index in [1.165, 1.54) is 0 Å². The molecule has 190 valence electrons. The molecule has 3 fully saturated rings. The highest BCUT2D eigenvalue weighted by atomic mass is 32.2. The Balaban J connectivity index is 1.60. The average Bonchev–Trinajstić information content (AvgIpc) is 3.51. The van der Waals surface area contributed by atoms with Crippen LogP contribution in [0, 0.1) is 25.7 Å². The molecule has 3 saturated heterocycles. The first-order chi connectivity index (χ1) is 17.3. The Morgan fingerprint density at radius 1 is 1.17 bits per heavy atom. The van der Waals surface area contributed by atoms with E-state index in [-0.39, 0.29) is 36.2 Å². The van der Waals surface area contributed by atoms with E-state index in [0.717, 1.165) is 28.8 Å². The zero-order valence-electron chi connectivity index (χ0n) is 20.8. The van der Waals surface area contributed by atoms with Gasteiger partial charge in [-0.15, -0.1) is 11.8 Å². The van der Waals surface area contributed by atoms with E-state index in [1.54, 1.807) is 23.6 Å². The highest BCUT2D eigenvalue weighted by molar-refractivity contribution is 8.02. The number of fused-ring (bicyclic) bond motifs is 1. The van der Waals surface area contributed by atoms with Crippen molar-refractivity contribution in [2.24, 2.45) is 11.8 Å². The van der Waals surface area contributed by atoms with E-state index >= 15 is 0 Å². The third-order valence-corrected chi connectivity index (χ3v) is 9.92. The van der Waals surface area contributed by atoms with Gasteiger partial charge in [-0.25, -0.2) is 0 Å². The van der Waals surface area contributed by atoms with Crippen molar-refractivity contribution in [2.75, 3.05) is 18.5 Å². The molecule has 3 heterocycles. The van der Waals surface area contributed by atoms with Crippen LogP contribution < -0.4 is 5.32 Å². The van der Waals surface area contributed by atoms with Crippen LogP contribution in [0.25, 0.3) is 0 Å². The van der Waals surface area contributed by atoms with Gasteiger partial charge in [0.2, 0.25) is 11.8 Å². The minimum Gasteiger partial charge on any atom is -0.466 e. The van der Waals surface area contributed by atoms with Crippen LogP contribution in [0.3, 0.4) is 0 Å². The van der Waals surface area contributed by atoms with Crippen LogP contribution in [0.5, 0.6) is 0 Å². The maximum absolute atomic E-state index is 14.2. The Bertz CT molecular complexity index is 1170. The minimum absolute atomic E-state index is 0.0556. The average molecular weight is 509 g/mol. The van der Waals surface area contributed by atoms with Gasteiger partial charge in [-0.05, 0) is 50.3 Å². The van der Waals surface area contributed by atoms with Gasteiger partial charge in [-0.3, -0.25) is 14.4 Å². The Labute approximate surface area is 215 Å². The smallest absolute Gasteiger partial charge is 0.310 e. The number of carbonyl (C=O) groups is 3. The highest BCUT2D eigenvalue weighted by Gasteiger charge is 2.74. The Morgan fingerprint density at radius 3 is 2.50 bits per heavy atom. The number of esters is 1.